The Morgan fingerprint density at radius 3 is 2.75 bits per heavy atom. The number of hydrogen-bond donors (Lipinski definition) is 2. The summed E-state index contributed by atoms with van der Waals surface area (Å²) in [5.41, 5.74) is 1.95. The highest BCUT2D eigenvalue weighted by Crippen LogP contribution is 2.16. The van der Waals surface area contributed by atoms with Crippen molar-refractivity contribution in [1.29, 1.82) is 0 Å². The number of aryl methyl sites for hydroxylation is 1. The predicted molar refractivity (Wildman–Crippen MR) is 94.0 cm³/mol. The highest BCUT2D eigenvalue weighted by atomic mass is 16.3. The van der Waals surface area contributed by atoms with Crippen molar-refractivity contribution in [3.05, 3.63) is 41.6 Å². The van der Waals surface area contributed by atoms with Gasteiger partial charge in [0.2, 0.25) is 5.95 Å². The number of furan rings is 1. The van der Waals surface area contributed by atoms with E-state index in [9.17, 15) is 0 Å². The molecule has 2 aromatic rings. The van der Waals surface area contributed by atoms with E-state index in [1.54, 1.807) is 13.3 Å². The van der Waals surface area contributed by atoms with Crippen molar-refractivity contribution in [1.82, 2.24) is 20.6 Å². The van der Waals surface area contributed by atoms with Crippen LogP contribution in [0.4, 0.5) is 5.95 Å². The highest BCUT2D eigenvalue weighted by molar-refractivity contribution is 5.79. The van der Waals surface area contributed by atoms with Crippen LogP contribution in [0.25, 0.3) is 0 Å². The highest BCUT2D eigenvalue weighted by Gasteiger charge is 2.16. The normalized spacial score (nSPS) is 14.9. The van der Waals surface area contributed by atoms with Gasteiger partial charge in [-0.05, 0) is 38.0 Å². The zero-order valence-corrected chi connectivity index (χ0v) is 14.2. The molecule has 24 heavy (non-hydrogen) atoms. The van der Waals surface area contributed by atoms with Crippen LogP contribution in [-0.2, 0) is 13.1 Å². The van der Waals surface area contributed by atoms with Crippen LogP contribution in [-0.4, -0.2) is 36.1 Å². The molecule has 2 N–H and O–H groups in total. The molecule has 0 atom stereocenters. The number of rotatable bonds is 5. The summed E-state index contributed by atoms with van der Waals surface area (Å²) >= 11 is 0. The molecule has 0 bridgehead atoms. The molecule has 0 unspecified atom stereocenters. The molecule has 0 saturated carbocycles. The van der Waals surface area contributed by atoms with E-state index in [0.29, 0.717) is 19.0 Å². The topological polar surface area (TPSA) is 78.6 Å². The number of anilines is 1. The molecule has 0 aromatic carbocycles. The van der Waals surface area contributed by atoms with E-state index in [0.717, 1.165) is 36.2 Å². The fourth-order valence-corrected chi connectivity index (χ4v) is 2.74. The molecule has 7 nitrogen and oxygen atoms in total. The third kappa shape index (κ3) is 4.24. The first-order chi connectivity index (χ1) is 11.7. The summed E-state index contributed by atoms with van der Waals surface area (Å²) in [6, 6.07) is 5.81. The standard InChI is InChI=1S/C17H24N6O/c1-13-10-14(22-17(21-13)23-7-3-4-8-23)11-19-16(18-2)20-12-15-6-5-9-24-15/h5-6,9-10H,3-4,7-8,11-12H2,1-2H3,(H2,18,19,20). The summed E-state index contributed by atoms with van der Waals surface area (Å²) in [6.45, 7) is 5.29. The minimum absolute atomic E-state index is 0.592. The van der Waals surface area contributed by atoms with Gasteiger partial charge in [-0.25, -0.2) is 9.97 Å². The summed E-state index contributed by atoms with van der Waals surface area (Å²) in [6.07, 6.45) is 4.10. The molecule has 3 heterocycles. The van der Waals surface area contributed by atoms with Gasteiger partial charge in [-0.1, -0.05) is 0 Å². The molecule has 0 amide bonds. The summed E-state index contributed by atoms with van der Waals surface area (Å²) < 4.78 is 5.31. The summed E-state index contributed by atoms with van der Waals surface area (Å²) in [7, 11) is 1.75. The first-order valence-electron chi connectivity index (χ1n) is 8.31. The zero-order valence-electron chi connectivity index (χ0n) is 14.2. The fraction of sp³-hybridized carbons (Fsp3) is 0.471. The van der Waals surface area contributed by atoms with Crippen molar-refractivity contribution in [3.63, 3.8) is 0 Å². The Balaban J connectivity index is 1.58. The number of guanidine groups is 1. The van der Waals surface area contributed by atoms with E-state index >= 15 is 0 Å². The molecule has 2 aromatic heterocycles. The predicted octanol–water partition coefficient (Wildman–Crippen LogP) is 1.84. The Hall–Kier alpha value is -2.57. The summed E-state index contributed by atoms with van der Waals surface area (Å²) in [4.78, 5) is 15.7. The fourth-order valence-electron chi connectivity index (χ4n) is 2.74. The van der Waals surface area contributed by atoms with Crippen molar-refractivity contribution < 1.29 is 4.42 Å². The second-order valence-corrected chi connectivity index (χ2v) is 5.85. The molecule has 1 aliphatic rings. The average Bonchev–Trinajstić information content (AvgIpc) is 3.28. The number of hydrogen-bond acceptors (Lipinski definition) is 5. The monoisotopic (exact) mass is 328 g/mol. The van der Waals surface area contributed by atoms with Crippen LogP contribution in [0.5, 0.6) is 0 Å². The molecule has 128 valence electrons. The van der Waals surface area contributed by atoms with E-state index in [-0.39, 0.29) is 0 Å². The Morgan fingerprint density at radius 2 is 2.04 bits per heavy atom. The lowest BCUT2D eigenvalue weighted by Crippen LogP contribution is -2.36. The Bertz CT molecular complexity index is 676. The first kappa shape index (κ1) is 16.3. The smallest absolute Gasteiger partial charge is 0.225 e. The SMILES string of the molecule is CN=C(NCc1cc(C)nc(N2CCCC2)n1)NCc1ccco1. The van der Waals surface area contributed by atoms with Crippen LogP contribution < -0.4 is 15.5 Å². The van der Waals surface area contributed by atoms with Crippen molar-refractivity contribution in [2.45, 2.75) is 32.9 Å². The van der Waals surface area contributed by atoms with Gasteiger partial charge in [-0.15, -0.1) is 0 Å². The molecule has 0 spiro atoms. The van der Waals surface area contributed by atoms with Crippen molar-refractivity contribution in [2.24, 2.45) is 4.99 Å². The molecule has 1 fully saturated rings. The van der Waals surface area contributed by atoms with Crippen molar-refractivity contribution >= 4 is 11.9 Å². The summed E-state index contributed by atoms with van der Waals surface area (Å²) in [5.74, 6) is 2.42. The summed E-state index contributed by atoms with van der Waals surface area (Å²) in [5, 5.41) is 6.50. The molecule has 7 heteroatoms. The van der Waals surface area contributed by atoms with Gasteiger partial charge in [0, 0.05) is 25.8 Å². The van der Waals surface area contributed by atoms with E-state index in [1.807, 2.05) is 25.1 Å². The first-order valence-corrected chi connectivity index (χ1v) is 8.31. The van der Waals surface area contributed by atoms with Gasteiger partial charge < -0.3 is 20.0 Å². The molecule has 0 aliphatic carbocycles. The Kier molecular flexibility index (Phi) is 5.30. The molecule has 1 aliphatic heterocycles. The number of aromatic nitrogens is 2. The van der Waals surface area contributed by atoms with Gasteiger partial charge in [-0.2, -0.15) is 0 Å². The van der Waals surface area contributed by atoms with E-state index in [4.69, 9.17) is 4.42 Å². The molecule has 3 rings (SSSR count). The minimum Gasteiger partial charge on any atom is -0.467 e. The second kappa shape index (κ2) is 7.81. The lowest BCUT2D eigenvalue weighted by Gasteiger charge is -2.17. The van der Waals surface area contributed by atoms with Crippen molar-refractivity contribution in [2.75, 3.05) is 25.0 Å². The van der Waals surface area contributed by atoms with E-state index < -0.39 is 0 Å². The Morgan fingerprint density at radius 1 is 1.25 bits per heavy atom. The third-order valence-electron chi connectivity index (χ3n) is 3.96. The van der Waals surface area contributed by atoms with Gasteiger partial charge >= 0.3 is 0 Å². The van der Waals surface area contributed by atoms with Crippen LogP contribution in [0, 0.1) is 6.92 Å². The second-order valence-electron chi connectivity index (χ2n) is 5.85. The molecular formula is C17H24N6O. The minimum atomic E-state index is 0.592. The van der Waals surface area contributed by atoms with Crippen LogP contribution in [0.15, 0.2) is 33.9 Å². The zero-order chi connectivity index (χ0) is 16.8. The van der Waals surface area contributed by atoms with Crippen LogP contribution in [0.2, 0.25) is 0 Å². The van der Waals surface area contributed by atoms with Gasteiger partial charge in [0.25, 0.3) is 0 Å². The number of aliphatic imine (C=N–C) groups is 1. The lowest BCUT2D eigenvalue weighted by atomic mass is 10.3. The molecule has 0 radical (unpaired) electrons. The molecular weight excluding hydrogens is 304 g/mol. The van der Waals surface area contributed by atoms with Gasteiger partial charge in [-0.3, -0.25) is 4.99 Å². The molecule has 1 saturated heterocycles. The van der Waals surface area contributed by atoms with Crippen LogP contribution in [0.1, 0.15) is 30.0 Å². The van der Waals surface area contributed by atoms with Gasteiger partial charge in [0.15, 0.2) is 5.96 Å². The maximum absolute atomic E-state index is 5.31. The van der Waals surface area contributed by atoms with Gasteiger partial charge in [0.1, 0.15) is 5.76 Å². The van der Waals surface area contributed by atoms with Crippen LogP contribution in [0.3, 0.4) is 0 Å². The quantitative estimate of drug-likeness (QED) is 0.644. The lowest BCUT2D eigenvalue weighted by molar-refractivity contribution is 0.501. The Labute approximate surface area is 142 Å². The van der Waals surface area contributed by atoms with Crippen LogP contribution >= 0.6 is 0 Å². The number of nitrogens with zero attached hydrogens (tertiary/aromatic N) is 4. The average molecular weight is 328 g/mol. The third-order valence-corrected chi connectivity index (χ3v) is 3.96. The van der Waals surface area contributed by atoms with E-state index in [2.05, 4.69) is 30.5 Å². The largest absolute Gasteiger partial charge is 0.467 e. The maximum atomic E-state index is 5.31. The maximum Gasteiger partial charge on any atom is 0.225 e. The van der Waals surface area contributed by atoms with Gasteiger partial charge in [0.05, 0.1) is 25.0 Å². The number of nitrogens with one attached hydrogen (secondary N) is 2. The van der Waals surface area contributed by atoms with E-state index in [1.165, 1.54) is 12.8 Å². The van der Waals surface area contributed by atoms with Crippen molar-refractivity contribution in [3.8, 4) is 0 Å².